The molecule has 1 heterocycles. The Labute approximate surface area is 109 Å². The second kappa shape index (κ2) is 6.46. The van der Waals surface area contributed by atoms with Crippen molar-refractivity contribution in [2.24, 2.45) is 0 Å². The zero-order valence-electron chi connectivity index (χ0n) is 10.9. The van der Waals surface area contributed by atoms with Crippen molar-refractivity contribution in [3.05, 3.63) is 35.4 Å². The summed E-state index contributed by atoms with van der Waals surface area (Å²) < 4.78 is 0. The highest BCUT2D eigenvalue weighted by Gasteiger charge is 2.17. The Kier molecular flexibility index (Phi) is 4.93. The van der Waals surface area contributed by atoms with E-state index in [1.807, 2.05) is 0 Å². The third-order valence-corrected chi connectivity index (χ3v) is 4.48. The second-order valence-corrected chi connectivity index (χ2v) is 6.13. The van der Waals surface area contributed by atoms with E-state index < -0.39 is 0 Å². The monoisotopic (exact) mass is 249 g/mol. The summed E-state index contributed by atoms with van der Waals surface area (Å²) in [5.74, 6) is 2.50. The van der Waals surface area contributed by atoms with Gasteiger partial charge in [0.1, 0.15) is 0 Å². The van der Waals surface area contributed by atoms with Gasteiger partial charge in [-0.25, -0.2) is 0 Å². The highest BCUT2D eigenvalue weighted by Crippen LogP contribution is 2.24. The highest BCUT2D eigenvalue weighted by molar-refractivity contribution is 7.99. The predicted octanol–water partition coefficient (Wildman–Crippen LogP) is 3.80. The summed E-state index contributed by atoms with van der Waals surface area (Å²) in [5, 5.41) is 3.73. The average Bonchev–Trinajstić information content (AvgIpc) is 2.55. The zero-order valence-corrected chi connectivity index (χ0v) is 11.7. The Bertz CT molecular complexity index is 333. The van der Waals surface area contributed by atoms with Crippen LogP contribution in [0.1, 0.15) is 43.9 Å². The number of thioether (sulfide) groups is 1. The summed E-state index contributed by atoms with van der Waals surface area (Å²) in [6.07, 6.45) is 3.71. The van der Waals surface area contributed by atoms with Gasteiger partial charge in [0, 0.05) is 17.8 Å². The molecule has 17 heavy (non-hydrogen) atoms. The largest absolute Gasteiger partial charge is 0.307 e. The van der Waals surface area contributed by atoms with Crippen LogP contribution >= 0.6 is 11.8 Å². The van der Waals surface area contributed by atoms with Crippen LogP contribution in [0.25, 0.3) is 0 Å². The molecule has 1 saturated heterocycles. The minimum Gasteiger partial charge on any atom is -0.307 e. The van der Waals surface area contributed by atoms with Crippen molar-refractivity contribution in [1.29, 1.82) is 0 Å². The first-order valence-corrected chi connectivity index (χ1v) is 7.87. The van der Waals surface area contributed by atoms with E-state index in [1.54, 1.807) is 0 Å². The maximum Gasteiger partial charge on any atom is 0.0413 e. The lowest BCUT2D eigenvalue weighted by molar-refractivity contribution is 0.485. The summed E-state index contributed by atoms with van der Waals surface area (Å²) in [4.78, 5) is 0. The molecule has 0 spiro atoms. The molecule has 1 aliphatic heterocycles. The van der Waals surface area contributed by atoms with Gasteiger partial charge in [-0.05, 0) is 36.6 Å². The van der Waals surface area contributed by atoms with E-state index in [0.717, 1.165) is 0 Å². The molecule has 1 N–H and O–H groups in total. The molecule has 1 nitrogen and oxygen atoms in total. The van der Waals surface area contributed by atoms with Crippen molar-refractivity contribution < 1.29 is 0 Å². The molecule has 1 fully saturated rings. The standard InChI is InChI=1S/C15H23NS/c1-3-4-13-5-7-14(8-6-13)15-11-17-10-9-12(2)16-15/h5-8,12,15-16H,3-4,9-11H2,1-2H3. The van der Waals surface area contributed by atoms with E-state index >= 15 is 0 Å². The highest BCUT2D eigenvalue weighted by atomic mass is 32.2. The maximum atomic E-state index is 3.73. The SMILES string of the molecule is CCCc1ccc(C2CSCCC(C)N2)cc1. The van der Waals surface area contributed by atoms with Crippen LogP contribution in [0.5, 0.6) is 0 Å². The lowest BCUT2D eigenvalue weighted by atomic mass is 10.0. The average molecular weight is 249 g/mol. The van der Waals surface area contributed by atoms with Gasteiger partial charge in [-0.3, -0.25) is 0 Å². The van der Waals surface area contributed by atoms with E-state index in [0.29, 0.717) is 12.1 Å². The van der Waals surface area contributed by atoms with E-state index in [9.17, 15) is 0 Å². The first-order valence-electron chi connectivity index (χ1n) is 6.72. The van der Waals surface area contributed by atoms with Crippen LogP contribution in [0.3, 0.4) is 0 Å². The van der Waals surface area contributed by atoms with Crippen molar-refractivity contribution in [1.82, 2.24) is 5.32 Å². The quantitative estimate of drug-likeness (QED) is 0.874. The van der Waals surface area contributed by atoms with Gasteiger partial charge in [0.25, 0.3) is 0 Å². The fourth-order valence-corrected chi connectivity index (χ4v) is 3.55. The Hall–Kier alpha value is -0.470. The van der Waals surface area contributed by atoms with E-state index in [1.165, 1.54) is 41.9 Å². The third kappa shape index (κ3) is 3.75. The molecule has 0 saturated carbocycles. The summed E-state index contributed by atoms with van der Waals surface area (Å²) in [6.45, 7) is 4.53. The van der Waals surface area contributed by atoms with Crippen molar-refractivity contribution in [2.75, 3.05) is 11.5 Å². The molecule has 0 radical (unpaired) electrons. The van der Waals surface area contributed by atoms with Gasteiger partial charge in [0.15, 0.2) is 0 Å². The zero-order chi connectivity index (χ0) is 12.1. The molecule has 1 aliphatic rings. The molecule has 0 amide bonds. The smallest absolute Gasteiger partial charge is 0.0413 e. The van der Waals surface area contributed by atoms with Gasteiger partial charge < -0.3 is 5.32 Å². The third-order valence-electron chi connectivity index (χ3n) is 3.39. The minimum absolute atomic E-state index is 0.535. The molecular formula is C15H23NS. The Morgan fingerprint density at radius 3 is 2.76 bits per heavy atom. The molecule has 2 heteroatoms. The van der Waals surface area contributed by atoms with Gasteiger partial charge in [-0.15, -0.1) is 0 Å². The number of hydrogen-bond acceptors (Lipinski definition) is 2. The number of rotatable bonds is 3. The molecule has 0 aliphatic carbocycles. The Morgan fingerprint density at radius 2 is 2.06 bits per heavy atom. The summed E-state index contributed by atoms with van der Waals surface area (Å²) in [5.41, 5.74) is 2.91. The molecule has 1 aromatic carbocycles. The van der Waals surface area contributed by atoms with Crippen molar-refractivity contribution in [2.45, 2.75) is 45.2 Å². The summed E-state index contributed by atoms with van der Waals surface area (Å²) in [6, 6.07) is 10.4. The Balaban J connectivity index is 2.04. The van der Waals surface area contributed by atoms with Crippen LogP contribution < -0.4 is 5.32 Å². The van der Waals surface area contributed by atoms with Crippen molar-refractivity contribution >= 4 is 11.8 Å². The molecule has 0 aromatic heterocycles. The number of nitrogens with one attached hydrogen (secondary N) is 1. The second-order valence-electron chi connectivity index (χ2n) is 4.98. The fourth-order valence-electron chi connectivity index (χ4n) is 2.33. The van der Waals surface area contributed by atoms with E-state index in [2.05, 4.69) is 55.2 Å². The van der Waals surface area contributed by atoms with Gasteiger partial charge in [-0.1, -0.05) is 37.6 Å². The topological polar surface area (TPSA) is 12.0 Å². The van der Waals surface area contributed by atoms with Gasteiger partial charge in [0.2, 0.25) is 0 Å². The lowest BCUT2D eigenvalue weighted by Gasteiger charge is -2.19. The molecule has 2 unspecified atom stereocenters. The minimum atomic E-state index is 0.535. The van der Waals surface area contributed by atoms with Crippen LogP contribution in [0, 0.1) is 0 Å². The van der Waals surface area contributed by atoms with Gasteiger partial charge in [-0.2, -0.15) is 11.8 Å². The molecule has 94 valence electrons. The van der Waals surface area contributed by atoms with E-state index in [4.69, 9.17) is 0 Å². The van der Waals surface area contributed by atoms with E-state index in [-0.39, 0.29) is 0 Å². The van der Waals surface area contributed by atoms with Crippen LogP contribution in [-0.2, 0) is 6.42 Å². The van der Waals surface area contributed by atoms with Crippen LogP contribution in [-0.4, -0.2) is 17.5 Å². The van der Waals surface area contributed by atoms with Crippen LogP contribution in [0.4, 0.5) is 0 Å². The van der Waals surface area contributed by atoms with Crippen LogP contribution in [0.2, 0.25) is 0 Å². The van der Waals surface area contributed by atoms with Gasteiger partial charge >= 0.3 is 0 Å². The molecule has 2 atom stereocenters. The Morgan fingerprint density at radius 1 is 1.29 bits per heavy atom. The molecule has 2 rings (SSSR count). The first-order chi connectivity index (χ1) is 8.29. The van der Waals surface area contributed by atoms with Crippen molar-refractivity contribution in [3.63, 3.8) is 0 Å². The summed E-state index contributed by atoms with van der Waals surface area (Å²) in [7, 11) is 0. The number of aryl methyl sites for hydroxylation is 1. The lowest BCUT2D eigenvalue weighted by Crippen LogP contribution is -2.30. The molecular weight excluding hydrogens is 226 g/mol. The molecule has 1 aromatic rings. The summed E-state index contributed by atoms with van der Waals surface area (Å²) >= 11 is 2.07. The fraction of sp³-hybridized carbons (Fsp3) is 0.600. The normalized spacial score (nSPS) is 25.5. The number of benzene rings is 1. The van der Waals surface area contributed by atoms with Gasteiger partial charge in [0.05, 0.1) is 0 Å². The maximum absolute atomic E-state index is 3.73. The first kappa shape index (κ1) is 13.0. The predicted molar refractivity (Wildman–Crippen MR) is 77.7 cm³/mol. The molecule has 0 bridgehead atoms. The van der Waals surface area contributed by atoms with Crippen molar-refractivity contribution in [3.8, 4) is 0 Å². The van der Waals surface area contributed by atoms with Crippen LogP contribution in [0.15, 0.2) is 24.3 Å². The number of hydrogen-bond donors (Lipinski definition) is 1.